The molecule has 1 aliphatic rings. The van der Waals surface area contributed by atoms with Gasteiger partial charge in [0.05, 0.1) is 0 Å². The highest BCUT2D eigenvalue weighted by atomic mass is 32.2. The fourth-order valence-corrected chi connectivity index (χ4v) is 4.13. The van der Waals surface area contributed by atoms with Crippen LogP contribution in [-0.2, 0) is 6.42 Å². The molecule has 0 saturated carbocycles. The van der Waals surface area contributed by atoms with Crippen LogP contribution in [0, 0.1) is 5.41 Å². The summed E-state index contributed by atoms with van der Waals surface area (Å²) in [4.78, 5) is 32.9. The molecule has 1 heterocycles. The number of nitrogens with two attached hydrogens (primary N) is 2. The fourth-order valence-electron chi connectivity index (χ4n) is 2.83. The topological polar surface area (TPSA) is 103 Å². The van der Waals surface area contributed by atoms with Crippen LogP contribution < -0.4 is 11.5 Å². The molecule has 1 aliphatic carbocycles. The Morgan fingerprint density at radius 2 is 1.68 bits per heavy atom. The van der Waals surface area contributed by atoms with Crippen molar-refractivity contribution in [1.82, 2.24) is 0 Å². The number of Topliss-reactive ketones (excluding diaryl/α,β-unsaturated/α-hetero) is 1. The minimum atomic E-state index is -0.771. The molecule has 25 heavy (non-hydrogen) atoms. The van der Waals surface area contributed by atoms with E-state index in [2.05, 4.69) is 42.8 Å². The lowest BCUT2D eigenvalue weighted by Gasteiger charge is -2.28. The second-order valence-electron chi connectivity index (χ2n) is 6.51. The molecule has 0 radical (unpaired) electrons. The smallest absolute Gasteiger partial charge is 0.285 e. The fraction of sp³-hybridized carbons (Fsp3) is 0.278. The number of fused-ring (bicyclic) bond motifs is 1. The quantitative estimate of drug-likeness (QED) is 0.767. The van der Waals surface area contributed by atoms with E-state index in [1.165, 1.54) is 5.56 Å². The number of hydrogen-bond donors (Lipinski definition) is 2. The molecule has 0 fully saturated rings. The summed E-state index contributed by atoms with van der Waals surface area (Å²) < 4.78 is 0. The highest BCUT2D eigenvalue weighted by Crippen LogP contribution is 2.42. The Kier molecular flexibility index (Phi) is 6.02. The van der Waals surface area contributed by atoms with Crippen LogP contribution >= 0.6 is 23.1 Å². The van der Waals surface area contributed by atoms with E-state index < -0.39 is 10.5 Å². The lowest BCUT2D eigenvalue weighted by atomic mass is 9.74. The van der Waals surface area contributed by atoms with Crippen molar-refractivity contribution < 1.29 is 14.4 Å². The van der Waals surface area contributed by atoms with Gasteiger partial charge >= 0.3 is 0 Å². The van der Waals surface area contributed by atoms with Crippen LogP contribution in [0.2, 0.25) is 0 Å². The maximum Gasteiger partial charge on any atom is 0.285 e. The lowest BCUT2D eigenvalue weighted by Crippen LogP contribution is -2.26. The molecule has 0 saturated heterocycles. The summed E-state index contributed by atoms with van der Waals surface area (Å²) in [5.74, 6) is 0.307. The second-order valence-corrected chi connectivity index (χ2v) is 8.40. The first-order valence-electron chi connectivity index (χ1n) is 7.65. The van der Waals surface area contributed by atoms with E-state index in [1.54, 1.807) is 11.3 Å². The van der Waals surface area contributed by atoms with Crippen LogP contribution in [0.5, 0.6) is 0 Å². The molecule has 132 valence electrons. The molecule has 3 rings (SSSR count). The van der Waals surface area contributed by atoms with Crippen LogP contribution in [0.4, 0.5) is 9.59 Å². The molecule has 2 aromatic rings. The van der Waals surface area contributed by atoms with Gasteiger partial charge in [0.15, 0.2) is 5.78 Å². The molecular formula is C18H20N2O3S2. The molecule has 0 bridgehead atoms. The van der Waals surface area contributed by atoms with Gasteiger partial charge in [-0.3, -0.25) is 14.4 Å². The van der Waals surface area contributed by atoms with Crippen LogP contribution in [0.15, 0.2) is 35.7 Å². The van der Waals surface area contributed by atoms with E-state index in [9.17, 15) is 14.4 Å². The number of hydrogen-bond acceptors (Lipinski definition) is 5. The highest BCUT2D eigenvalue weighted by Gasteiger charge is 2.33. The molecule has 0 atom stereocenters. The third-order valence-corrected chi connectivity index (χ3v) is 5.17. The number of primary amides is 2. The van der Waals surface area contributed by atoms with E-state index >= 15 is 0 Å². The van der Waals surface area contributed by atoms with Crippen molar-refractivity contribution in [3.63, 3.8) is 0 Å². The van der Waals surface area contributed by atoms with Crippen molar-refractivity contribution in [2.24, 2.45) is 16.9 Å². The standard InChI is InChI=1S/C16H16OS.C2H4N2O2S/c1-16(2)8-12-10-18-15(14(12)13(17)9-16)11-6-4-3-5-7-11;3-1(5)7-2(4)6/h3-7,10H,8-9H2,1-2H3;(H2,3,5)(H2,4,6). The minimum Gasteiger partial charge on any atom is -0.360 e. The number of rotatable bonds is 1. The molecule has 0 unspecified atom stereocenters. The average Bonchev–Trinajstić information content (AvgIpc) is 2.90. The van der Waals surface area contributed by atoms with Crippen LogP contribution in [-0.4, -0.2) is 16.3 Å². The summed E-state index contributed by atoms with van der Waals surface area (Å²) in [6, 6.07) is 10.2. The van der Waals surface area contributed by atoms with Gasteiger partial charge in [0.25, 0.3) is 10.5 Å². The van der Waals surface area contributed by atoms with Crippen molar-refractivity contribution in [1.29, 1.82) is 0 Å². The molecule has 0 spiro atoms. The van der Waals surface area contributed by atoms with Gasteiger partial charge in [0.1, 0.15) is 0 Å². The number of benzene rings is 1. The van der Waals surface area contributed by atoms with E-state index in [4.69, 9.17) is 0 Å². The van der Waals surface area contributed by atoms with Gasteiger partial charge in [0.2, 0.25) is 0 Å². The SMILES string of the molecule is CC1(C)CC(=O)c2c(csc2-c2ccccc2)C1.NC(=O)SC(N)=O. The summed E-state index contributed by atoms with van der Waals surface area (Å²) in [5, 5.41) is 0.622. The zero-order chi connectivity index (χ0) is 18.6. The first kappa shape index (κ1) is 19.2. The number of ketones is 1. The normalized spacial score (nSPS) is 14.9. The molecule has 2 amide bonds. The predicted octanol–water partition coefficient (Wildman–Crippen LogP) is 4.45. The van der Waals surface area contributed by atoms with Gasteiger partial charge in [-0.05, 0) is 28.3 Å². The number of thiophene rings is 1. The van der Waals surface area contributed by atoms with E-state index in [-0.39, 0.29) is 17.2 Å². The van der Waals surface area contributed by atoms with Crippen LogP contribution in [0.25, 0.3) is 10.4 Å². The molecular weight excluding hydrogens is 356 g/mol. The van der Waals surface area contributed by atoms with Gasteiger partial charge in [-0.1, -0.05) is 44.2 Å². The van der Waals surface area contributed by atoms with Gasteiger partial charge in [-0.2, -0.15) is 0 Å². The second kappa shape index (κ2) is 7.84. The van der Waals surface area contributed by atoms with Crippen molar-refractivity contribution >= 4 is 39.4 Å². The summed E-state index contributed by atoms with van der Waals surface area (Å²) >= 11 is 1.99. The Labute approximate surface area is 154 Å². The Morgan fingerprint density at radius 3 is 2.20 bits per heavy atom. The summed E-state index contributed by atoms with van der Waals surface area (Å²) in [6.45, 7) is 4.35. The maximum absolute atomic E-state index is 12.4. The highest BCUT2D eigenvalue weighted by molar-refractivity contribution is 8.25. The average molecular weight is 377 g/mol. The first-order chi connectivity index (χ1) is 11.7. The summed E-state index contributed by atoms with van der Waals surface area (Å²) in [7, 11) is 0. The van der Waals surface area contributed by atoms with Crippen molar-refractivity contribution in [3.05, 3.63) is 46.8 Å². The number of thioether (sulfide) groups is 1. The van der Waals surface area contributed by atoms with Crippen molar-refractivity contribution in [2.45, 2.75) is 26.7 Å². The van der Waals surface area contributed by atoms with Gasteiger partial charge in [0, 0.05) is 28.6 Å². The van der Waals surface area contributed by atoms with E-state index in [0.717, 1.165) is 22.4 Å². The predicted molar refractivity (Wildman–Crippen MR) is 103 cm³/mol. The molecule has 4 N–H and O–H groups in total. The monoisotopic (exact) mass is 376 g/mol. The van der Waals surface area contributed by atoms with E-state index in [1.807, 2.05) is 18.2 Å². The maximum atomic E-state index is 12.4. The third-order valence-electron chi connectivity index (χ3n) is 3.69. The zero-order valence-electron chi connectivity index (χ0n) is 14.1. The Hall–Kier alpha value is -2.12. The van der Waals surface area contributed by atoms with Gasteiger partial charge in [-0.25, -0.2) is 0 Å². The number of carbonyl (C=O) groups excluding carboxylic acids is 3. The van der Waals surface area contributed by atoms with Gasteiger partial charge in [-0.15, -0.1) is 11.3 Å². The largest absolute Gasteiger partial charge is 0.360 e. The Balaban J connectivity index is 0.000000277. The Morgan fingerprint density at radius 1 is 1.08 bits per heavy atom. The van der Waals surface area contributed by atoms with Crippen LogP contribution in [0.1, 0.15) is 36.2 Å². The van der Waals surface area contributed by atoms with E-state index in [0.29, 0.717) is 12.2 Å². The first-order valence-corrected chi connectivity index (χ1v) is 9.35. The van der Waals surface area contributed by atoms with Gasteiger partial charge < -0.3 is 11.5 Å². The summed E-state index contributed by atoms with van der Waals surface area (Å²) in [5.41, 5.74) is 12.5. The molecule has 1 aromatic carbocycles. The number of amides is 2. The molecule has 0 aliphatic heterocycles. The molecule has 7 heteroatoms. The number of carbonyl (C=O) groups is 3. The lowest BCUT2D eigenvalue weighted by molar-refractivity contribution is 0.0914. The van der Waals surface area contributed by atoms with Crippen LogP contribution in [0.3, 0.4) is 0 Å². The molecule has 1 aromatic heterocycles. The van der Waals surface area contributed by atoms with Crippen molar-refractivity contribution in [2.75, 3.05) is 0 Å². The summed E-state index contributed by atoms with van der Waals surface area (Å²) in [6.07, 6.45) is 1.67. The molecule has 5 nitrogen and oxygen atoms in total. The minimum absolute atomic E-state index is 0.110. The van der Waals surface area contributed by atoms with Crippen molar-refractivity contribution in [3.8, 4) is 10.4 Å². The Bertz CT molecular complexity index is 786. The third kappa shape index (κ3) is 5.17. The zero-order valence-corrected chi connectivity index (χ0v) is 15.7.